The van der Waals surface area contributed by atoms with Crippen molar-refractivity contribution in [3.8, 4) is 0 Å². The molecule has 2 nitrogen and oxygen atoms in total. The highest BCUT2D eigenvalue weighted by Crippen LogP contribution is 2.17. The van der Waals surface area contributed by atoms with Crippen molar-refractivity contribution in [1.29, 1.82) is 0 Å². The SMILES string of the molecule is CCCC(O)C(CC)N(CCC(C)C)CCC(C)C. The third kappa shape index (κ3) is 8.65. The van der Waals surface area contributed by atoms with E-state index in [1.807, 2.05) is 0 Å². The fraction of sp³-hybridized carbons (Fsp3) is 1.00. The average Bonchev–Trinajstić information content (AvgIpc) is 2.32. The number of rotatable bonds is 11. The minimum absolute atomic E-state index is 0.158. The van der Waals surface area contributed by atoms with Gasteiger partial charge < -0.3 is 5.11 Å². The van der Waals surface area contributed by atoms with Crippen molar-refractivity contribution in [2.45, 2.75) is 85.8 Å². The first-order valence-corrected chi connectivity index (χ1v) is 8.34. The molecule has 2 unspecified atom stereocenters. The van der Waals surface area contributed by atoms with Crippen LogP contribution in [0.3, 0.4) is 0 Å². The van der Waals surface area contributed by atoms with Gasteiger partial charge in [-0.3, -0.25) is 4.90 Å². The van der Waals surface area contributed by atoms with E-state index in [1.54, 1.807) is 0 Å². The summed E-state index contributed by atoms with van der Waals surface area (Å²) in [6.45, 7) is 15.7. The van der Waals surface area contributed by atoms with E-state index in [4.69, 9.17) is 0 Å². The fourth-order valence-corrected chi connectivity index (χ4v) is 2.55. The van der Waals surface area contributed by atoms with Crippen molar-refractivity contribution < 1.29 is 5.11 Å². The van der Waals surface area contributed by atoms with Crippen molar-refractivity contribution >= 4 is 0 Å². The predicted molar refractivity (Wildman–Crippen MR) is 85.5 cm³/mol. The number of nitrogens with zero attached hydrogens (tertiary/aromatic N) is 1. The van der Waals surface area contributed by atoms with Gasteiger partial charge in [-0.25, -0.2) is 0 Å². The molecule has 2 atom stereocenters. The summed E-state index contributed by atoms with van der Waals surface area (Å²) in [7, 11) is 0. The number of hydrogen-bond donors (Lipinski definition) is 1. The smallest absolute Gasteiger partial charge is 0.0695 e. The third-order valence-electron chi connectivity index (χ3n) is 3.90. The monoisotopic (exact) mass is 271 g/mol. The minimum atomic E-state index is -0.158. The van der Waals surface area contributed by atoms with E-state index in [2.05, 4.69) is 46.4 Å². The molecule has 0 amide bonds. The van der Waals surface area contributed by atoms with Gasteiger partial charge in [0, 0.05) is 6.04 Å². The van der Waals surface area contributed by atoms with Crippen LogP contribution in [0.4, 0.5) is 0 Å². The quantitative estimate of drug-likeness (QED) is 0.605. The van der Waals surface area contributed by atoms with Crippen molar-refractivity contribution in [3.05, 3.63) is 0 Å². The molecule has 116 valence electrons. The Labute approximate surface area is 121 Å². The lowest BCUT2D eigenvalue weighted by Crippen LogP contribution is -2.44. The second-order valence-electron chi connectivity index (χ2n) is 6.73. The van der Waals surface area contributed by atoms with Crippen LogP contribution in [0.5, 0.6) is 0 Å². The van der Waals surface area contributed by atoms with Crippen molar-refractivity contribution in [3.63, 3.8) is 0 Å². The van der Waals surface area contributed by atoms with Crippen LogP contribution in [0.2, 0.25) is 0 Å². The van der Waals surface area contributed by atoms with Gasteiger partial charge in [0.2, 0.25) is 0 Å². The summed E-state index contributed by atoms with van der Waals surface area (Å²) in [6.07, 6.45) is 5.35. The molecule has 0 aliphatic rings. The lowest BCUT2D eigenvalue weighted by molar-refractivity contribution is 0.0357. The van der Waals surface area contributed by atoms with Gasteiger partial charge in [0.15, 0.2) is 0 Å². The Morgan fingerprint density at radius 2 is 1.32 bits per heavy atom. The molecular formula is C17H37NO. The van der Waals surface area contributed by atoms with E-state index in [-0.39, 0.29) is 6.10 Å². The van der Waals surface area contributed by atoms with Crippen LogP contribution < -0.4 is 0 Å². The van der Waals surface area contributed by atoms with Crippen molar-refractivity contribution in [2.24, 2.45) is 11.8 Å². The zero-order valence-corrected chi connectivity index (χ0v) is 14.2. The van der Waals surface area contributed by atoms with Crippen LogP contribution in [0.1, 0.15) is 73.6 Å². The molecule has 0 aromatic rings. The topological polar surface area (TPSA) is 23.5 Å². The minimum Gasteiger partial charge on any atom is -0.391 e. The van der Waals surface area contributed by atoms with Gasteiger partial charge in [-0.1, -0.05) is 48.0 Å². The maximum atomic E-state index is 10.4. The first kappa shape index (κ1) is 18.9. The molecular weight excluding hydrogens is 234 g/mol. The molecule has 19 heavy (non-hydrogen) atoms. The Balaban J connectivity index is 4.54. The number of aliphatic hydroxyl groups is 1. The van der Waals surface area contributed by atoms with Crippen LogP contribution in [-0.4, -0.2) is 35.2 Å². The molecule has 0 aliphatic carbocycles. The summed E-state index contributed by atoms with van der Waals surface area (Å²) < 4.78 is 0. The average molecular weight is 271 g/mol. The molecule has 2 heteroatoms. The van der Waals surface area contributed by atoms with Crippen LogP contribution in [0.15, 0.2) is 0 Å². The number of aliphatic hydroxyl groups excluding tert-OH is 1. The summed E-state index contributed by atoms with van der Waals surface area (Å²) in [5.41, 5.74) is 0. The second-order valence-corrected chi connectivity index (χ2v) is 6.73. The first-order chi connectivity index (χ1) is 8.92. The van der Waals surface area contributed by atoms with Gasteiger partial charge in [0.25, 0.3) is 0 Å². The third-order valence-corrected chi connectivity index (χ3v) is 3.90. The van der Waals surface area contributed by atoms with Gasteiger partial charge in [-0.2, -0.15) is 0 Å². The fourth-order valence-electron chi connectivity index (χ4n) is 2.55. The summed E-state index contributed by atoms with van der Waals surface area (Å²) >= 11 is 0. The Bertz CT molecular complexity index is 191. The van der Waals surface area contributed by atoms with E-state index >= 15 is 0 Å². The lowest BCUT2D eigenvalue weighted by atomic mass is 9.99. The highest BCUT2D eigenvalue weighted by atomic mass is 16.3. The lowest BCUT2D eigenvalue weighted by Gasteiger charge is -2.35. The molecule has 1 N–H and O–H groups in total. The Hall–Kier alpha value is -0.0800. The van der Waals surface area contributed by atoms with Crippen molar-refractivity contribution in [2.75, 3.05) is 13.1 Å². The molecule has 0 spiro atoms. The van der Waals surface area contributed by atoms with Gasteiger partial charge in [-0.15, -0.1) is 0 Å². The molecule has 0 saturated carbocycles. The zero-order chi connectivity index (χ0) is 14.8. The maximum absolute atomic E-state index is 10.4. The molecule has 0 fully saturated rings. The summed E-state index contributed by atoms with van der Waals surface area (Å²) in [5.74, 6) is 1.48. The molecule has 0 aromatic carbocycles. The van der Waals surface area contributed by atoms with Crippen molar-refractivity contribution in [1.82, 2.24) is 4.90 Å². The van der Waals surface area contributed by atoms with E-state index in [9.17, 15) is 5.11 Å². The largest absolute Gasteiger partial charge is 0.391 e. The molecule has 0 heterocycles. The van der Waals surface area contributed by atoms with Gasteiger partial charge in [-0.05, 0) is 50.6 Å². The molecule has 0 bridgehead atoms. The van der Waals surface area contributed by atoms with Gasteiger partial charge >= 0.3 is 0 Å². The Morgan fingerprint density at radius 3 is 1.63 bits per heavy atom. The molecule has 0 aliphatic heterocycles. The normalized spacial score (nSPS) is 15.5. The molecule has 0 rings (SSSR count). The van der Waals surface area contributed by atoms with E-state index < -0.39 is 0 Å². The highest BCUT2D eigenvalue weighted by molar-refractivity contribution is 4.78. The Morgan fingerprint density at radius 1 is 0.842 bits per heavy atom. The van der Waals surface area contributed by atoms with Gasteiger partial charge in [0.05, 0.1) is 6.10 Å². The predicted octanol–water partition coefficient (Wildman–Crippen LogP) is 4.32. The molecule has 0 aromatic heterocycles. The highest BCUT2D eigenvalue weighted by Gasteiger charge is 2.23. The van der Waals surface area contributed by atoms with Crippen LogP contribution in [0, 0.1) is 11.8 Å². The molecule has 0 saturated heterocycles. The van der Waals surface area contributed by atoms with E-state index in [0.29, 0.717) is 6.04 Å². The summed E-state index contributed by atoms with van der Waals surface area (Å²) in [4.78, 5) is 2.54. The van der Waals surface area contributed by atoms with E-state index in [0.717, 1.165) is 44.2 Å². The van der Waals surface area contributed by atoms with E-state index in [1.165, 1.54) is 12.8 Å². The second kappa shape index (κ2) is 10.7. The Kier molecular flexibility index (Phi) is 10.6. The summed E-state index contributed by atoms with van der Waals surface area (Å²) in [6, 6.07) is 0.345. The zero-order valence-electron chi connectivity index (χ0n) is 14.2. The summed E-state index contributed by atoms with van der Waals surface area (Å²) in [5, 5.41) is 10.4. The van der Waals surface area contributed by atoms with Crippen LogP contribution >= 0.6 is 0 Å². The molecule has 0 radical (unpaired) electrons. The number of hydrogen-bond acceptors (Lipinski definition) is 2. The maximum Gasteiger partial charge on any atom is 0.0695 e. The first-order valence-electron chi connectivity index (χ1n) is 8.34. The van der Waals surface area contributed by atoms with Crippen LogP contribution in [-0.2, 0) is 0 Å². The van der Waals surface area contributed by atoms with Gasteiger partial charge in [0.1, 0.15) is 0 Å². The van der Waals surface area contributed by atoms with Crippen LogP contribution in [0.25, 0.3) is 0 Å². The standard InChI is InChI=1S/C17H37NO/c1-7-9-17(19)16(8-2)18(12-10-14(3)4)13-11-15(5)6/h14-17,19H,7-13H2,1-6H3.